The molecule has 1 aromatic carbocycles. The third kappa shape index (κ3) is 5.20. The van der Waals surface area contributed by atoms with Crippen LogP contribution in [0.5, 0.6) is 11.5 Å². The summed E-state index contributed by atoms with van der Waals surface area (Å²) in [6.07, 6.45) is 2.05. The third-order valence-corrected chi connectivity index (χ3v) is 8.99. The summed E-state index contributed by atoms with van der Waals surface area (Å²) in [5.41, 5.74) is 1.28. The second-order valence-electron chi connectivity index (χ2n) is 8.48. The second kappa shape index (κ2) is 8.49. The van der Waals surface area contributed by atoms with Crippen molar-refractivity contribution < 1.29 is 27.4 Å². The Morgan fingerprint density at radius 3 is 2.66 bits per heavy atom. The zero-order valence-corrected chi connectivity index (χ0v) is 19.3. The van der Waals surface area contributed by atoms with E-state index in [4.69, 9.17) is 14.2 Å². The fraction of sp³-hybridized carbons (Fsp3) is 0.550. The lowest BCUT2D eigenvalue weighted by Crippen LogP contribution is -2.42. The van der Waals surface area contributed by atoms with Crippen LogP contribution in [0.25, 0.3) is 0 Å². The van der Waals surface area contributed by atoms with Crippen molar-refractivity contribution in [3.8, 4) is 11.5 Å². The van der Waals surface area contributed by atoms with Crippen LogP contribution in [0.4, 0.5) is 0 Å². The van der Waals surface area contributed by atoms with Crippen molar-refractivity contribution in [1.82, 2.24) is 4.31 Å². The van der Waals surface area contributed by atoms with Crippen molar-refractivity contribution in [1.29, 1.82) is 0 Å². The molecule has 1 aromatic rings. The number of carbonyl (C=O) groups is 1. The van der Waals surface area contributed by atoms with Gasteiger partial charge in [-0.2, -0.15) is 4.31 Å². The molecule has 9 heteroatoms. The van der Waals surface area contributed by atoms with Crippen LogP contribution in [-0.2, 0) is 26.0 Å². The SMILES string of the molecule is CCOC(=O)C1=CCN(S(=O)(=O)CC[Si](C)(C)C)C1Cc1ccc2c(c1)OCO2. The van der Waals surface area contributed by atoms with E-state index < -0.39 is 30.1 Å². The molecule has 3 rings (SSSR count). The van der Waals surface area contributed by atoms with Gasteiger partial charge in [0, 0.05) is 14.6 Å². The van der Waals surface area contributed by atoms with Crippen LogP contribution in [0, 0.1) is 0 Å². The predicted octanol–water partition coefficient (Wildman–Crippen LogP) is 2.80. The topological polar surface area (TPSA) is 82.1 Å². The summed E-state index contributed by atoms with van der Waals surface area (Å²) in [5, 5.41) is 0. The molecule has 29 heavy (non-hydrogen) atoms. The van der Waals surface area contributed by atoms with Crippen molar-refractivity contribution in [3.63, 3.8) is 0 Å². The van der Waals surface area contributed by atoms with Gasteiger partial charge in [-0.1, -0.05) is 31.8 Å². The molecule has 1 unspecified atom stereocenters. The van der Waals surface area contributed by atoms with Gasteiger partial charge in [-0.3, -0.25) is 0 Å². The molecule has 2 heterocycles. The first kappa shape index (κ1) is 21.9. The maximum atomic E-state index is 13.1. The minimum absolute atomic E-state index is 0.101. The number of nitrogens with zero attached hydrogens (tertiary/aromatic N) is 1. The highest BCUT2D eigenvalue weighted by Gasteiger charge is 2.39. The lowest BCUT2D eigenvalue weighted by molar-refractivity contribution is -0.138. The third-order valence-electron chi connectivity index (χ3n) is 5.04. The molecule has 1 atom stereocenters. The van der Waals surface area contributed by atoms with Gasteiger partial charge in [0.05, 0.1) is 24.0 Å². The average molecular weight is 440 g/mol. The van der Waals surface area contributed by atoms with Gasteiger partial charge in [-0.05, 0) is 37.1 Å². The summed E-state index contributed by atoms with van der Waals surface area (Å²) in [7, 11) is -5.03. The zero-order valence-electron chi connectivity index (χ0n) is 17.4. The lowest BCUT2D eigenvalue weighted by Gasteiger charge is -2.27. The van der Waals surface area contributed by atoms with Crippen LogP contribution in [0.2, 0.25) is 25.7 Å². The maximum Gasteiger partial charge on any atom is 0.335 e. The molecule has 0 N–H and O–H groups in total. The molecular weight excluding hydrogens is 410 g/mol. The summed E-state index contributed by atoms with van der Waals surface area (Å²) in [6, 6.07) is 5.63. The monoisotopic (exact) mass is 439 g/mol. The van der Waals surface area contributed by atoms with Crippen molar-refractivity contribution in [3.05, 3.63) is 35.4 Å². The van der Waals surface area contributed by atoms with E-state index in [-0.39, 0.29) is 25.7 Å². The van der Waals surface area contributed by atoms with E-state index in [2.05, 4.69) is 19.6 Å². The van der Waals surface area contributed by atoms with Crippen LogP contribution in [0.3, 0.4) is 0 Å². The fourth-order valence-electron chi connectivity index (χ4n) is 3.40. The first-order chi connectivity index (χ1) is 13.6. The zero-order chi connectivity index (χ0) is 21.2. The highest BCUT2D eigenvalue weighted by atomic mass is 32.2. The standard InChI is InChI=1S/C20H29NO6SSi/c1-5-25-20(22)16-8-9-21(28(23,24)10-11-29(2,3)4)17(16)12-15-6-7-18-19(13-15)27-14-26-18/h6-8,13,17H,5,9-12,14H2,1-4H3. The van der Waals surface area contributed by atoms with Gasteiger partial charge in [0.25, 0.3) is 0 Å². The van der Waals surface area contributed by atoms with E-state index in [1.54, 1.807) is 13.0 Å². The molecule has 0 radical (unpaired) electrons. The van der Waals surface area contributed by atoms with E-state index in [0.29, 0.717) is 29.5 Å². The number of benzene rings is 1. The Morgan fingerprint density at radius 1 is 1.24 bits per heavy atom. The first-order valence-electron chi connectivity index (χ1n) is 9.86. The van der Waals surface area contributed by atoms with Gasteiger partial charge >= 0.3 is 5.97 Å². The highest BCUT2D eigenvalue weighted by Crippen LogP contribution is 2.34. The van der Waals surface area contributed by atoms with Crippen LogP contribution in [0.15, 0.2) is 29.8 Å². The Kier molecular flexibility index (Phi) is 6.40. The molecule has 0 saturated carbocycles. The minimum atomic E-state index is -3.50. The quantitative estimate of drug-likeness (QED) is 0.458. The molecular formula is C20H29NO6SSi. The molecule has 2 aliphatic rings. The molecule has 0 fully saturated rings. The van der Waals surface area contributed by atoms with Crippen molar-refractivity contribution in [2.45, 2.75) is 45.1 Å². The number of rotatable bonds is 8. The van der Waals surface area contributed by atoms with Crippen LogP contribution in [0.1, 0.15) is 12.5 Å². The van der Waals surface area contributed by atoms with E-state index >= 15 is 0 Å². The lowest BCUT2D eigenvalue weighted by atomic mass is 10.0. The van der Waals surface area contributed by atoms with Gasteiger partial charge < -0.3 is 14.2 Å². The summed E-state index contributed by atoms with van der Waals surface area (Å²) in [4.78, 5) is 12.5. The smallest absolute Gasteiger partial charge is 0.335 e. The molecule has 7 nitrogen and oxygen atoms in total. The van der Waals surface area contributed by atoms with Crippen LogP contribution < -0.4 is 9.47 Å². The highest BCUT2D eigenvalue weighted by molar-refractivity contribution is 7.89. The molecule has 0 spiro atoms. The number of sulfonamides is 1. The Bertz CT molecular complexity index is 906. The van der Waals surface area contributed by atoms with Gasteiger partial charge in [-0.15, -0.1) is 0 Å². The number of esters is 1. The molecule has 0 saturated heterocycles. The summed E-state index contributed by atoms with van der Waals surface area (Å²) < 4.78 is 43.6. The number of fused-ring (bicyclic) bond motifs is 1. The Hall–Kier alpha value is -1.84. The predicted molar refractivity (Wildman–Crippen MR) is 113 cm³/mol. The Labute approximate surface area is 173 Å². The van der Waals surface area contributed by atoms with Gasteiger partial charge in [0.1, 0.15) is 0 Å². The van der Waals surface area contributed by atoms with E-state index in [0.717, 1.165) is 5.56 Å². The normalized spacial score (nSPS) is 19.3. The fourth-order valence-corrected chi connectivity index (χ4v) is 8.00. The maximum absolute atomic E-state index is 13.1. The molecule has 160 valence electrons. The molecule has 0 amide bonds. The van der Waals surface area contributed by atoms with E-state index in [1.165, 1.54) is 4.31 Å². The first-order valence-corrected chi connectivity index (χ1v) is 15.2. The second-order valence-corrected chi connectivity index (χ2v) is 16.1. The minimum Gasteiger partial charge on any atom is -0.463 e. The van der Waals surface area contributed by atoms with E-state index in [9.17, 15) is 13.2 Å². The van der Waals surface area contributed by atoms with Gasteiger partial charge in [0.15, 0.2) is 11.5 Å². The van der Waals surface area contributed by atoms with Crippen LogP contribution in [-0.4, -0.2) is 58.5 Å². The van der Waals surface area contributed by atoms with Crippen molar-refractivity contribution in [2.75, 3.05) is 25.7 Å². The van der Waals surface area contributed by atoms with E-state index in [1.807, 2.05) is 18.2 Å². The van der Waals surface area contributed by atoms with Crippen molar-refractivity contribution in [2.24, 2.45) is 0 Å². The Morgan fingerprint density at radius 2 is 1.97 bits per heavy atom. The summed E-state index contributed by atoms with van der Waals surface area (Å²) in [5.74, 6) is 0.946. The number of hydrogen-bond acceptors (Lipinski definition) is 6. The number of carbonyl (C=O) groups excluding carboxylic acids is 1. The van der Waals surface area contributed by atoms with Gasteiger partial charge in [0.2, 0.25) is 16.8 Å². The molecule has 2 aliphatic heterocycles. The molecule has 0 bridgehead atoms. The summed E-state index contributed by atoms with van der Waals surface area (Å²) in [6.45, 7) is 8.81. The molecule has 0 aliphatic carbocycles. The van der Waals surface area contributed by atoms with Crippen LogP contribution >= 0.6 is 0 Å². The number of hydrogen-bond donors (Lipinski definition) is 0. The van der Waals surface area contributed by atoms with Gasteiger partial charge in [-0.25, -0.2) is 13.2 Å². The largest absolute Gasteiger partial charge is 0.463 e. The van der Waals surface area contributed by atoms with Crippen molar-refractivity contribution >= 4 is 24.1 Å². The molecule has 0 aromatic heterocycles. The Balaban J connectivity index is 1.85. The average Bonchev–Trinajstić information content (AvgIpc) is 3.26. The summed E-state index contributed by atoms with van der Waals surface area (Å²) >= 11 is 0. The number of ether oxygens (including phenoxy) is 3.